The van der Waals surface area contributed by atoms with Gasteiger partial charge in [0, 0.05) is 13.1 Å². The zero-order valence-corrected chi connectivity index (χ0v) is 15.5. The Kier molecular flexibility index (Phi) is 6.78. The molecule has 5 nitrogen and oxygen atoms in total. The fraction of sp³-hybridized carbons (Fsp3) is 0.333. The summed E-state index contributed by atoms with van der Waals surface area (Å²) in [6, 6.07) is 17.3. The Labute approximate surface area is 154 Å². The van der Waals surface area contributed by atoms with Crippen LogP contribution < -0.4 is 15.4 Å². The van der Waals surface area contributed by atoms with Crippen molar-refractivity contribution in [1.82, 2.24) is 10.6 Å². The van der Waals surface area contributed by atoms with Crippen LogP contribution in [0.3, 0.4) is 0 Å². The largest absolute Gasteiger partial charge is 0.497 e. The molecule has 0 atom stereocenters. The summed E-state index contributed by atoms with van der Waals surface area (Å²) in [5.41, 5.74) is 0.961. The van der Waals surface area contributed by atoms with E-state index in [0.717, 1.165) is 16.9 Å². The summed E-state index contributed by atoms with van der Waals surface area (Å²) < 4.78 is 5.12. The van der Waals surface area contributed by atoms with Gasteiger partial charge in [-0.3, -0.25) is 9.59 Å². The van der Waals surface area contributed by atoms with E-state index in [1.165, 1.54) is 0 Å². The Morgan fingerprint density at radius 1 is 0.885 bits per heavy atom. The molecule has 0 heterocycles. The van der Waals surface area contributed by atoms with Gasteiger partial charge in [-0.25, -0.2) is 0 Å². The van der Waals surface area contributed by atoms with Crippen LogP contribution in [0.5, 0.6) is 5.75 Å². The molecule has 2 rings (SSSR count). The summed E-state index contributed by atoms with van der Waals surface area (Å²) in [6.07, 6.45) is 0.692. The third-order valence-corrected chi connectivity index (χ3v) is 4.29. The second-order valence-corrected chi connectivity index (χ2v) is 6.65. The maximum absolute atomic E-state index is 12.4. The van der Waals surface area contributed by atoms with Crippen molar-refractivity contribution in [2.45, 2.75) is 26.8 Å². The Morgan fingerprint density at radius 2 is 1.50 bits per heavy atom. The lowest BCUT2D eigenvalue weighted by molar-refractivity contribution is -0.141. The maximum atomic E-state index is 12.4. The second kappa shape index (κ2) is 9.04. The monoisotopic (exact) mass is 354 g/mol. The van der Waals surface area contributed by atoms with Gasteiger partial charge in [0.1, 0.15) is 11.2 Å². The van der Waals surface area contributed by atoms with Gasteiger partial charge in [-0.2, -0.15) is 0 Å². The van der Waals surface area contributed by atoms with Crippen molar-refractivity contribution < 1.29 is 14.3 Å². The van der Waals surface area contributed by atoms with Gasteiger partial charge in [0.15, 0.2) is 0 Å². The summed E-state index contributed by atoms with van der Waals surface area (Å²) in [5.74, 6) is 0.230. The van der Waals surface area contributed by atoms with Crippen LogP contribution in [-0.2, 0) is 22.6 Å². The lowest BCUT2D eigenvalue weighted by Gasteiger charge is -2.22. The standard InChI is InChI=1S/C21H26N2O3/c1-21(2,20(25)23-15-17-7-5-4-6-8-17)19(24)22-14-13-16-9-11-18(26-3)12-10-16/h4-12H,13-15H2,1-3H3,(H,22,24)(H,23,25). The molecule has 0 unspecified atom stereocenters. The molecule has 0 spiro atoms. The minimum atomic E-state index is -1.13. The Hall–Kier alpha value is -2.82. The number of methoxy groups -OCH3 is 1. The molecule has 138 valence electrons. The number of carbonyl (C=O) groups is 2. The van der Waals surface area contributed by atoms with Gasteiger partial charge in [0.25, 0.3) is 0 Å². The van der Waals surface area contributed by atoms with Crippen LogP contribution in [0.25, 0.3) is 0 Å². The van der Waals surface area contributed by atoms with Crippen LogP contribution in [-0.4, -0.2) is 25.5 Å². The van der Waals surface area contributed by atoms with E-state index in [2.05, 4.69) is 10.6 Å². The van der Waals surface area contributed by atoms with Gasteiger partial charge in [-0.1, -0.05) is 42.5 Å². The minimum Gasteiger partial charge on any atom is -0.497 e. The third kappa shape index (κ3) is 5.34. The van der Waals surface area contributed by atoms with E-state index >= 15 is 0 Å². The number of nitrogens with one attached hydrogen (secondary N) is 2. The van der Waals surface area contributed by atoms with Crippen LogP contribution in [0, 0.1) is 5.41 Å². The van der Waals surface area contributed by atoms with Gasteiger partial charge in [-0.15, -0.1) is 0 Å². The molecule has 2 N–H and O–H groups in total. The SMILES string of the molecule is COc1ccc(CCNC(=O)C(C)(C)C(=O)NCc2ccccc2)cc1. The maximum Gasteiger partial charge on any atom is 0.235 e. The molecule has 2 aromatic rings. The van der Waals surface area contributed by atoms with Gasteiger partial charge in [-0.05, 0) is 43.5 Å². The average Bonchev–Trinajstić information content (AvgIpc) is 2.67. The van der Waals surface area contributed by atoms with Crippen LogP contribution in [0.4, 0.5) is 0 Å². The van der Waals surface area contributed by atoms with Gasteiger partial charge in [0.2, 0.25) is 11.8 Å². The Bertz CT molecular complexity index is 725. The van der Waals surface area contributed by atoms with E-state index in [-0.39, 0.29) is 11.8 Å². The van der Waals surface area contributed by atoms with Crippen molar-refractivity contribution in [3.05, 3.63) is 65.7 Å². The first-order valence-electron chi connectivity index (χ1n) is 8.67. The van der Waals surface area contributed by atoms with Crippen LogP contribution in [0.1, 0.15) is 25.0 Å². The first-order valence-corrected chi connectivity index (χ1v) is 8.67. The normalized spacial score (nSPS) is 10.9. The predicted octanol–water partition coefficient (Wildman–Crippen LogP) is 2.70. The van der Waals surface area contributed by atoms with E-state index in [4.69, 9.17) is 4.74 Å². The second-order valence-electron chi connectivity index (χ2n) is 6.65. The van der Waals surface area contributed by atoms with Gasteiger partial charge >= 0.3 is 0 Å². The van der Waals surface area contributed by atoms with Crippen molar-refractivity contribution >= 4 is 11.8 Å². The zero-order chi connectivity index (χ0) is 19.0. The number of ether oxygens (including phenoxy) is 1. The van der Waals surface area contributed by atoms with E-state index < -0.39 is 5.41 Å². The molecule has 0 saturated heterocycles. The minimum absolute atomic E-state index is 0.281. The molecule has 2 aromatic carbocycles. The first-order chi connectivity index (χ1) is 12.4. The molecule has 0 aromatic heterocycles. The number of hydrogen-bond acceptors (Lipinski definition) is 3. The summed E-state index contributed by atoms with van der Waals surface area (Å²) in [5, 5.41) is 5.68. The first kappa shape index (κ1) is 19.5. The van der Waals surface area contributed by atoms with Crippen molar-refractivity contribution in [1.29, 1.82) is 0 Å². The van der Waals surface area contributed by atoms with Crippen molar-refractivity contribution in [2.75, 3.05) is 13.7 Å². The number of benzene rings is 2. The Balaban J connectivity index is 1.80. The quantitative estimate of drug-likeness (QED) is 0.716. The third-order valence-electron chi connectivity index (χ3n) is 4.29. The van der Waals surface area contributed by atoms with E-state index in [1.807, 2.05) is 54.6 Å². The number of rotatable bonds is 8. The van der Waals surface area contributed by atoms with E-state index in [0.29, 0.717) is 19.5 Å². The van der Waals surface area contributed by atoms with Crippen molar-refractivity contribution in [3.63, 3.8) is 0 Å². The van der Waals surface area contributed by atoms with Crippen molar-refractivity contribution in [3.8, 4) is 5.75 Å². The highest BCUT2D eigenvalue weighted by Crippen LogP contribution is 2.16. The smallest absolute Gasteiger partial charge is 0.235 e. The highest BCUT2D eigenvalue weighted by molar-refractivity contribution is 6.04. The molecule has 0 fully saturated rings. The molecule has 2 amide bonds. The summed E-state index contributed by atoms with van der Waals surface area (Å²) >= 11 is 0. The van der Waals surface area contributed by atoms with Crippen molar-refractivity contribution in [2.24, 2.45) is 5.41 Å². The number of hydrogen-bond donors (Lipinski definition) is 2. The highest BCUT2D eigenvalue weighted by Gasteiger charge is 2.35. The molecule has 0 radical (unpaired) electrons. The van der Waals surface area contributed by atoms with Gasteiger partial charge in [0.05, 0.1) is 7.11 Å². The summed E-state index contributed by atoms with van der Waals surface area (Å²) in [7, 11) is 1.63. The number of amides is 2. The fourth-order valence-electron chi connectivity index (χ4n) is 2.44. The molecular weight excluding hydrogens is 328 g/mol. The molecule has 26 heavy (non-hydrogen) atoms. The molecule has 0 aliphatic rings. The van der Waals surface area contributed by atoms with Crippen LogP contribution >= 0.6 is 0 Å². The molecule has 0 aliphatic heterocycles. The molecule has 0 aliphatic carbocycles. The molecular formula is C21H26N2O3. The lowest BCUT2D eigenvalue weighted by Crippen LogP contribution is -2.48. The van der Waals surface area contributed by atoms with E-state index in [1.54, 1.807) is 21.0 Å². The zero-order valence-electron chi connectivity index (χ0n) is 15.5. The summed E-state index contributed by atoms with van der Waals surface area (Å²) in [6.45, 7) is 4.15. The molecule has 0 saturated carbocycles. The molecule has 0 bridgehead atoms. The van der Waals surface area contributed by atoms with Gasteiger partial charge < -0.3 is 15.4 Å². The predicted molar refractivity (Wildman–Crippen MR) is 102 cm³/mol. The lowest BCUT2D eigenvalue weighted by atomic mass is 9.91. The average molecular weight is 354 g/mol. The van der Waals surface area contributed by atoms with E-state index in [9.17, 15) is 9.59 Å². The summed E-state index contributed by atoms with van der Waals surface area (Å²) in [4.78, 5) is 24.8. The Morgan fingerprint density at radius 3 is 2.12 bits per heavy atom. The van der Waals surface area contributed by atoms with Crippen LogP contribution in [0.15, 0.2) is 54.6 Å². The fourth-order valence-corrected chi connectivity index (χ4v) is 2.44. The number of carbonyl (C=O) groups excluding carboxylic acids is 2. The highest BCUT2D eigenvalue weighted by atomic mass is 16.5. The van der Waals surface area contributed by atoms with Crippen LogP contribution in [0.2, 0.25) is 0 Å². The molecule has 5 heteroatoms. The topological polar surface area (TPSA) is 67.4 Å².